The zero-order chi connectivity index (χ0) is 30.1. The molecule has 8 rings (SSSR count). The molecule has 216 valence electrons. The average molecular weight is 583 g/mol. The molecule has 3 aromatic carbocycles. The van der Waals surface area contributed by atoms with Crippen LogP contribution in [0.15, 0.2) is 66.7 Å². The van der Waals surface area contributed by atoms with Crippen LogP contribution in [-0.4, -0.2) is 11.7 Å². The molecule has 0 saturated heterocycles. The van der Waals surface area contributed by atoms with Gasteiger partial charge in [-0.25, -0.2) is 4.98 Å². The summed E-state index contributed by atoms with van der Waals surface area (Å²) in [5.41, 5.74) is 10.4. The second kappa shape index (κ2) is 8.76. The van der Waals surface area contributed by atoms with Gasteiger partial charge in [0.1, 0.15) is 17.3 Å². The number of thiophene rings is 1. The highest BCUT2D eigenvalue weighted by atomic mass is 32.1. The van der Waals surface area contributed by atoms with E-state index < -0.39 is 0 Å². The van der Waals surface area contributed by atoms with E-state index in [4.69, 9.17) is 9.72 Å². The minimum atomic E-state index is 0.0507. The quantitative estimate of drug-likeness (QED) is 0.181. The van der Waals surface area contributed by atoms with Gasteiger partial charge in [-0.15, -0.1) is 11.3 Å². The predicted octanol–water partition coefficient (Wildman–Crippen LogP) is 8.66. The summed E-state index contributed by atoms with van der Waals surface area (Å²) < 4.78 is 9.32. The fourth-order valence-electron chi connectivity index (χ4n) is 7.59. The average Bonchev–Trinajstić information content (AvgIpc) is 3.33. The summed E-state index contributed by atoms with van der Waals surface area (Å²) in [6, 6.07) is 25.0. The number of anilines is 3. The Bertz CT molecular complexity index is 1980. The number of ether oxygens (including phenoxy) is 1. The van der Waals surface area contributed by atoms with Crippen LogP contribution >= 0.6 is 11.3 Å². The van der Waals surface area contributed by atoms with Crippen LogP contribution in [-0.2, 0) is 16.2 Å². The molecule has 0 fully saturated rings. The fourth-order valence-corrected chi connectivity index (χ4v) is 8.89. The Labute approximate surface area is 260 Å². The Morgan fingerprint density at radius 2 is 1.60 bits per heavy atom. The maximum atomic E-state index is 6.63. The van der Waals surface area contributed by atoms with Crippen molar-refractivity contribution in [3.05, 3.63) is 89.1 Å². The van der Waals surface area contributed by atoms with Gasteiger partial charge in [-0.3, -0.25) is 4.90 Å². The maximum Gasteiger partial charge on any atom is 0.271 e. The minimum absolute atomic E-state index is 0.0507. The van der Waals surface area contributed by atoms with Crippen LogP contribution < -0.4 is 25.3 Å². The van der Waals surface area contributed by atoms with E-state index >= 15 is 0 Å². The first kappa shape index (κ1) is 27.0. The summed E-state index contributed by atoms with van der Waals surface area (Å²) in [4.78, 5) is 7.79. The Morgan fingerprint density at radius 3 is 2.37 bits per heavy atom. The number of hydrogen-bond donors (Lipinski definition) is 0. The molecule has 0 N–H and O–H groups in total. The van der Waals surface area contributed by atoms with Crippen molar-refractivity contribution in [2.75, 3.05) is 4.90 Å². The van der Waals surface area contributed by atoms with Crippen LogP contribution in [0.3, 0.4) is 0 Å². The zero-order valence-electron chi connectivity index (χ0n) is 26.6. The van der Waals surface area contributed by atoms with Gasteiger partial charge >= 0.3 is 0 Å². The van der Waals surface area contributed by atoms with E-state index in [0.29, 0.717) is 0 Å². The highest BCUT2D eigenvalue weighted by Gasteiger charge is 2.46. The molecule has 3 aliphatic rings. The molecule has 0 atom stereocenters. The third-order valence-electron chi connectivity index (χ3n) is 10.2. The van der Waals surface area contributed by atoms with Crippen molar-refractivity contribution in [1.29, 1.82) is 0 Å². The van der Waals surface area contributed by atoms with Gasteiger partial charge in [0.2, 0.25) is 0 Å². The lowest BCUT2D eigenvalue weighted by molar-refractivity contribution is 0.332. The Morgan fingerprint density at radius 1 is 0.860 bits per heavy atom. The van der Waals surface area contributed by atoms with E-state index in [9.17, 15) is 0 Å². The molecule has 2 aromatic heterocycles. The van der Waals surface area contributed by atoms with Gasteiger partial charge in [-0.2, -0.15) is 0 Å². The van der Waals surface area contributed by atoms with Crippen LogP contribution in [0.4, 0.5) is 17.2 Å². The number of aryl methyl sites for hydroxylation is 1. The number of pyridine rings is 1. The van der Waals surface area contributed by atoms with Crippen molar-refractivity contribution in [2.24, 2.45) is 0 Å². The predicted molar refractivity (Wildman–Crippen MR) is 184 cm³/mol. The van der Waals surface area contributed by atoms with E-state index in [-0.39, 0.29) is 23.0 Å². The summed E-state index contributed by atoms with van der Waals surface area (Å²) in [7, 11) is 0. The lowest BCUT2D eigenvalue weighted by Gasteiger charge is -2.43. The normalized spacial score (nSPS) is 17.6. The van der Waals surface area contributed by atoms with Crippen molar-refractivity contribution in [3.63, 3.8) is 0 Å². The SMILES string of the molecule is Cc1cc2c3c(n1)N(c1ccc4c(c1)C(C)(C)CCC4(C)C)c1c(sc4ccc(C(C)(C)C)cc14)B3c1ccccc1O2. The van der Waals surface area contributed by atoms with E-state index in [2.05, 4.69) is 127 Å². The fraction of sp³-hybridized carbons (Fsp3) is 0.342. The first-order chi connectivity index (χ1) is 20.3. The van der Waals surface area contributed by atoms with E-state index in [0.717, 1.165) is 23.0 Å². The van der Waals surface area contributed by atoms with Gasteiger partial charge in [-0.1, -0.05) is 78.8 Å². The van der Waals surface area contributed by atoms with Crippen molar-refractivity contribution in [2.45, 2.75) is 84.5 Å². The van der Waals surface area contributed by atoms with Gasteiger partial charge in [0.15, 0.2) is 0 Å². The summed E-state index contributed by atoms with van der Waals surface area (Å²) in [6.07, 6.45) is 2.39. The molecule has 0 saturated carbocycles. The lowest BCUT2D eigenvalue weighted by Crippen LogP contribution is -2.58. The smallest absolute Gasteiger partial charge is 0.271 e. The van der Waals surface area contributed by atoms with Gasteiger partial charge in [0, 0.05) is 37.8 Å². The first-order valence-electron chi connectivity index (χ1n) is 15.6. The number of aromatic nitrogens is 1. The highest BCUT2D eigenvalue weighted by Crippen LogP contribution is 2.50. The number of fused-ring (bicyclic) bond motifs is 7. The third kappa shape index (κ3) is 3.90. The van der Waals surface area contributed by atoms with Crippen LogP contribution in [0.25, 0.3) is 10.1 Å². The van der Waals surface area contributed by atoms with Gasteiger partial charge in [0.25, 0.3) is 6.71 Å². The summed E-state index contributed by atoms with van der Waals surface area (Å²) in [5, 5.41) is 1.31. The molecule has 43 heavy (non-hydrogen) atoms. The van der Waals surface area contributed by atoms with E-state index in [1.807, 2.05) is 11.3 Å². The molecular weight excluding hydrogens is 543 g/mol. The standard InChI is InChI=1S/C38H39BN2OS/c1-22-19-30-32-35(40-22)41(24-14-15-26-27(21-24)38(7,8)18-17-37(26,5)6)33-25-20-23(36(2,3)4)13-16-31(25)43-34(33)39(32)28-11-9-10-12-29(28)42-30/h9-16,19-21H,17-18H2,1-8H3. The van der Waals surface area contributed by atoms with Crippen molar-refractivity contribution < 1.29 is 4.74 Å². The minimum Gasteiger partial charge on any atom is -0.458 e. The van der Waals surface area contributed by atoms with Gasteiger partial charge in [-0.05, 0) is 88.5 Å². The van der Waals surface area contributed by atoms with Crippen LogP contribution in [0.1, 0.15) is 83.7 Å². The van der Waals surface area contributed by atoms with Crippen molar-refractivity contribution in [3.8, 4) is 11.5 Å². The largest absolute Gasteiger partial charge is 0.458 e. The highest BCUT2D eigenvalue weighted by molar-refractivity contribution is 7.33. The zero-order valence-corrected chi connectivity index (χ0v) is 27.4. The molecule has 4 heterocycles. The van der Waals surface area contributed by atoms with E-state index in [1.54, 1.807) is 0 Å². The Balaban J connectivity index is 1.47. The van der Waals surface area contributed by atoms with Gasteiger partial charge < -0.3 is 4.74 Å². The molecule has 0 bridgehead atoms. The third-order valence-corrected chi connectivity index (χ3v) is 11.4. The number of benzene rings is 3. The number of hydrogen-bond acceptors (Lipinski definition) is 4. The second-order valence-corrected chi connectivity index (χ2v) is 16.3. The molecule has 0 radical (unpaired) electrons. The molecule has 3 nitrogen and oxygen atoms in total. The first-order valence-corrected chi connectivity index (χ1v) is 16.5. The van der Waals surface area contributed by atoms with Crippen molar-refractivity contribution in [1.82, 2.24) is 4.98 Å². The molecule has 0 spiro atoms. The van der Waals surface area contributed by atoms with Gasteiger partial charge in [0.05, 0.1) is 5.69 Å². The number of para-hydroxylation sites is 1. The summed E-state index contributed by atoms with van der Waals surface area (Å²) >= 11 is 1.93. The van der Waals surface area contributed by atoms with Crippen LogP contribution in [0.5, 0.6) is 11.5 Å². The molecule has 0 amide bonds. The molecule has 1 aliphatic carbocycles. The molecule has 0 unspecified atom stereocenters. The number of nitrogens with zero attached hydrogens (tertiary/aromatic N) is 2. The topological polar surface area (TPSA) is 25.4 Å². The monoisotopic (exact) mass is 582 g/mol. The maximum absolute atomic E-state index is 6.63. The number of rotatable bonds is 1. The van der Waals surface area contributed by atoms with Crippen LogP contribution in [0.2, 0.25) is 0 Å². The molecular formula is C38H39BN2OS. The second-order valence-electron chi connectivity index (χ2n) is 15.2. The molecule has 5 heteroatoms. The summed E-state index contributed by atoms with van der Waals surface area (Å²) in [6.45, 7) is 18.7. The Kier molecular flexibility index (Phi) is 5.50. The van der Waals surface area contributed by atoms with E-state index in [1.165, 1.54) is 66.7 Å². The Hall–Kier alpha value is -3.57. The summed E-state index contributed by atoms with van der Waals surface area (Å²) in [5.74, 6) is 2.87. The van der Waals surface area contributed by atoms with Crippen molar-refractivity contribution >= 4 is 61.0 Å². The molecule has 2 aliphatic heterocycles. The molecule has 5 aromatic rings. The lowest BCUT2D eigenvalue weighted by atomic mass is 9.37. The van der Waals surface area contributed by atoms with Crippen LogP contribution in [0, 0.1) is 6.92 Å².